The lowest BCUT2D eigenvalue weighted by Gasteiger charge is -2.31. The molecule has 0 N–H and O–H groups in total. The topological polar surface area (TPSA) is 97.8 Å². The fourth-order valence-corrected chi connectivity index (χ4v) is 4.50. The minimum atomic E-state index is -3.53. The van der Waals surface area contributed by atoms with Gasteiger partial charge < -0.3 is 4.90 Å². The van der Waals surface area contributed by atoms with Gasteiger partial charge >= 0.3 is 0 Å². The second-order valence-electron chi connectivity index (χ2n) is 7.26. The number of hydrogen-bond acceptors (Lipinski definition) is 6. The summed E-state index contributed by atoms with van der Waals surface area (Å²) in [5.41, 5.74) is 1.57. The Labute approximate surface area is 168 Å². The molecular weight excluding hydrogens is 394 g/mol. The smallest absolute Gasteiger partial charge is 0.264 e. The van der Waals surface area contributed by atoms with E-state index in [-0.39, 0.29) is 23.0 Å². The molecular formula is C21H19NO6S. The predicted molar refractivity (Wildman–Crippen MR) is 105 cm³/mol. The number of rotatable bonds is 3. The summed E-state index contributed by atoms with van der Waals surface area (Å²) in [5.74, 6) is -0.761. The van der Waals surface area contributed by atoms with Gasteiger partial charge in [0.2, 0.25) is 0 Å². The number of fused-ring (bicyclic) bond motifs is 2. The molecule has 1 saturated heterocycles. The number of hydrogen-bond donors (Lipinski definition) is 0. The van der Waals surface area contributed by atoms with Crippen molar-refractivity contribution < 1.29 is 27.0 Å². The Hall–Kier alpha value is -2.84. The Balaban J connectivity index is 1.55. The maximum Gasteiger partial charge on any atom is 0.264 e. The first kappa shape index (κ1) is 19.5. The van der Waals surface area contributed by atoms with Gasteiger partial charge in [-0.05, 0) is 31.0 Å². The van der Waals surface area contributed by atoms with Crippen LogP contribution in [0.5, 0.6) is 0 Å². The van der Waals surface area contributed by atoms with E-state index >= 15 is 0 Å². The van der Waals surface area contributed by atoms with Gasteiger partial charge in [-0.15, -0.1) is 0 Å². The van der Waals surface area contributed by atoms with Gasteiger partial charge in [-0.2, -0.15) is 8.42 Å². The van der Waals surface area contributed by atoms with E-state index in [1.807, 2.05) is 0 Å². The molecule has 2 aliphatic rings. The molecule has 0 aromatic heterocycles. The first-order valence-electron chi connectivity index (χ1n) is 9.24. The Bertz CT molecular complexity index is 1130. The van der Waals surface area contributed by atoms with Crippen LogP contribution in [0.4, 0.5) is 0 Å². The molecule has 2 aromatic carbocycles. The van der Waals surface area contributed by atoms with Gasteiger partial charge in [-0.25, -0.2) is 0 Å². The number of likely N-dealkylation sites (tertiary alicyclic amines) is 1. The van der Waals surface area contributed by atoms with E-state index < -0.39 is 16.2 Å². The van der Waals surface area contributed by atoms with E-state index in [1.165, 1.54) is 12.1 Å². The molecule has 1 aliphatic heterocycles. The van der Waals surface area contributed by atoms with Crippen LogP contribution in [-0.2, 0) is 14.3 Å². The minimum Gasteiger partial charge on any atom is -0.338 e. The van der Waals surface area contributed by atoms with Crippen molar-refractivity contribution in [1.82, 2.24) is 4.90 Å². The highest BCUT2D eigenvalue weighted by Gasteiger charge is 2.31. The average Bonchev–Trinajstić information content (AvgIpc) is 2.70. The summed E-state index contributed by atoms with van der Waals surface area (Å²) < 4.78 is 27.5. The van der Waals surface area contributed by atoms with Crippen molar-refractivity contribution in [1.29, 1.82) is 0 Å². The molecule has 29 heavy (non-hydrogen) atoms. The molecule has 4 rings (SSSR count). The number of carbonyl (C=O) groups excluding carboxylic acids is 3. The summed E-state index contributed by atoms with van der Waals surface area (Å²) in [6, 6.07) is 11.2. The molecule has 0 saturated carbocycles. The third kappa shape index (κ3) is 3.73. The first-order chi connectivity index (χ1) is 13.7. The normalized spacial score (nSPS) is 17.1. The number of piperidine rings is 1. The maximum atomic E-state index is 12.9. The lowest BCUT2D eigenvalue weighted by atomic mass is 9.83. The zero-order chi connectivity index (χ0) is 20.8. The van der Waals surface area contributed by atoms with Crippen molar-refractivity contribution >= 4 is 27.6 Å². The minimum absolute atomic E-state index is 0.229. The molecule has 8 heteroatoms. The van der Waals surface area contributed by atoms with E-state index in [0.717, 1.165) is 6.26 Å². The van der Waals surface area contributed by atoms with Crippen molar-refractivity contribution in [2.45, 2.75) is 18.9 Å². The molecule has 0 atom stereocenters. The summed E-state index contributed by atoms with van der Waals surface area (Å²) >= 11 is 0. The highest BCUT2D eigenvalue weighted by Crippen LogP contribution is 2.28. The number of nitrogens with zero attached hydrogens (tertiary/aromatic N) is 1. The van der Waals surface area contributed by atoms with Gasteiger partial charge in [0.25, 0.3) is 16.0 Å². The molecule has 0 unspecified atom stereocenters. The SMILES string of the molecule is CS(=O)(=O)OC1CCN(C(=O)c2ccc3c(c2)C(=O)c2ccccc2C3=O)CC1. The molecule has 1 heterocycles. The number of amides is 1. The molecule has 2 aromatic rings. The number of benzene rings is 2. The fourth-order valence-electron chi connectivity index (χ4n) is 3.82. The number of ketones is 2. The van der Waals surface area contributed by atoms with Gasteiger partial charge in [0.1, 0.15) is 0 Å². The molecule has 1 aliphatic carbocycles. The van der Waals surface area contributed by atoms with Crippen LogP contribution < -0.4 is 0 Å². The third-order valence-corrected chi connectivity index (χ3v) is 5.83. The number of carbonyl (C=O) groups is 3. The van der Waals surface area contributed by atoms with Crippen LogP contribution in [0.15, 0.2) is 42.5 Å². The summed E-state index contributed by atoms with van der Waals surface area (Å²) in [6.07, 6.45) is 1.39. The van der Waals surface area contributed by atoms with Crippen LogP contribution in [-0.4, -0.2) is 56.2 Å². The van der Waals surface area contributed by atoms with E-state index in [0.29, 0.717) is 48.2 Å². The summed E-state index contributed by atoms with van der Waals surface area (Å²) in [5, 5.41) is 0. The lowest BCUT2D eigenvalue weighted by molar-refractivity contribution is 0.0608. The van der Waals surface area contributed by atoms with Crippen LogP contribution in [0.25, 0.3) is 0 Å². The van der Waals surface area contributed by atoms with E-state index in [9.17, 15) is 22.8 Å². The van der Waals surface area contributed by atoms with Gasteiger partial charge in [0.05, 0.1) is 12.4 Å². The highest BCUT2D eigenvalue weighted by molar-refractivity contribution is 7.86. The molecule has 7 nitrogen and oxygen atoms in total. The van der Waals surface area contributed by atoms with Gasteiger partial charge in [-0.3, -0.25) is 18.6 Å². The van der Waals surface area contributed by atoms with Crippen molar-refractivity contribution in [3.63, 3.8) is 0 Å². The Morgan fingerprint density at radius 1 is 0.931 bits per heavy atom. The molecule has 1 fully saturated rings. The Morgan fingerprint density at radius 2 is 1.48 bits per heavy atom. The van der Waals surface area contributed by atoms with E-state index in [4.69, 9.17) is 4.18 Å². The molecule has 0 bridgehead atoms. The van der Waals surface area contributed by atoms with Crippen LogP contribution >= 0.6 is 0 Å². The van der Waals surface area contributed by atoms with Gasteiger partial charge in [-0.1, -0.05) is 24.3 Å². The maximum absolute atomic E-state index is 12.9. The second-order valence-corrected chi connectivity index (χ2v) is 8.86. The standard InChI is InChI=1S/C21H19NO6S/c1-29(26,27)28-14-8-10-22(11-9-14)21(25)13-6-7-17-18(12-13)20(24)16-5-3-2-4-15(16)19(17)23/h2-7,12,14H,8-11H2,1H3. The monoisotopic (exact) mass is 413 g/mol. The molecule has 1 amide bonds. The molecule has 0 spiro atoms. The van der Waals surface area contributed by atoms with E-state index in [1.54, 1.807) is 35.2 Å². The first-order valence-corrected chi connectivity index (χ1v) is 11.1. The third-order valence-electron chi connectivity index (χ3n) is 5.21. The highest BCUT2D eigenvalue weighted by atomic mass is 32.2. The summed E-state index contributed by atoms with van der Waals surface area (Å²) in [4.78, 5) is 40.0. The van der Waals surface area contributed by atoms with Crippen molar-refractivity contribution in [2.24, 2.45) is 0 Å². The Morgan fingerprint density at radius 3 is 2.07 bits per heavy atom. The molecule has 150 valence electrons. The van der Waals surface area contributed by atoms with Crippen molar-refractivity contribution in [3.05, 3.63) is 70.3 Å². The predicted octanol–water partition coefficient (Wildman–Crippen LogP) is 2.04. The fraction of sp³-hybridized carbons (Fsp3) is 0.286. The quantitative estimate of drug-likeness (QED) is 0.610. The zero-order valence-corrected chi connectivity index (χ0v) is 16.6. The average molecular weight is 413 g/mol. The van der Waals surface area contributed by atoms with Crippen molar-refractivity contribution in [3.8, 4) is 0 Å². The van der Waals surface area contributed by atoms with Crippen LogP contribution in [0.2, 0.25) is 0 Å². The molecule has 0 radical (unpaired) electrons. The van der Waals surface area contributed by atoms with Crippen molar-refractivity contribution in [2.75, 3.05) is 19.3 Å². The lowest BCUT2D eigenvalue weighted by Crippen LogP contribution is -2.41. The van der Waals surface area contributed by atoms with Crippen LogP contribution in [0, 0.1) is 0 Å². The van der Waals surface area contributed by atoms with Crippen LogP contribution in [0.3, 0.4) is 0 Å². The largest absolute Gasteiger partial charge is 0.338 e. The summed E-state index contributed by atoms with van der Waals surface area (Å²) in [6.45, 7) is 0.706. The second kappa shape index (κ2) is 7.20. The van der Waals surface area contributed by atoms with Crippen LogP contribution in [0.1, 0.15) is 55.0 Å². The van der Waals surface area contributed by atoms with E-state index in [2.05, 4.69) is 0 Å². The zero-order valence-electron chi connectivity index (χ0n) is 15.8. The Kier molecular flexibility index (Phi) is 4.84. The van der Waals surface area contributed by atoms with Gasteiger partial charge in [0, 0.05) is 40.9 Å². The van der Waals surface area contributed by atoms with Gasteiger partial charge in [0.15, 0.2) is 11.6 Å². The summed E-state index contributed by atoms with van der Waals surface area (Å²) in [7, 11) is -3.53.